The molecule has 3 aromatic heterocycles. The Balaban J connectivity index is 1.41. The van der Waals surface area contributed by atoms with Gasteiger partial charge in [-0.05, 0) is 73.4 Å². The largest absolute Gasteiger partial charge is 0.353 e. The van der Waals surface area contributed by atoms with Crippen molar-refractivity contribution < 1.29 is 9.18 Å². The molecule has 0 radical (unpaired) electrons. The molecule has 1 amide bonds. The maximum Gasteiger partial charge on any atom is 0.225 e. The average Bonchev–Trinajstić information content (AvgIpc) is 3.16. The van der Waals surface area contributed by atoms with Gasteiger partial charge in [-0.25, -0.2) is 14.4 Å². The Bertz CT molecular complexity index is 1470. The van der Waals surface area contributed by atoms with E-state index >= 15 is 0 Å². The van der Waals surface area contributed by atoms with Crippen molar-refractivity contribution in [3.8, 4) is 11.4 Å². The zero-order valence-corrected chi connectivity index (χ0v) is 18.2. The van der Waals surface area contributed by atoms with E-state index in [1.165, 1.54) is 6.07 Å². The number of carbonyl (C=O) groups excluding carboxylic acids is 1. The van der Waals surface area contributed by atoms with Crippen LogP contribution in [0, 0.1) is 12.7 Å². The molecule has 5 aromatic rings. The third-order valence-electron chi connectivity index (χ3n) is 5.74. The molecule has 0 atom stereocenters. The fourth-order valence-corrected chi connectivity index (χ4v) is 4.14. The number of nitrogens with one attached hydrogen (secondary N) is 2. The first kappa shape index (κ1) is 20.8. The smallest absolute Gasteiger partial charge is 0.225 e. The van der Waals surface area contributed by atoms with Gasteiger partial charge in [-0.15, -0.1) is 0 Å². The van der Waals surface area contributed by atoms with Gasteiger partial charge < -0.3 is 10.3 Å². The molecule has 0 bridgehead atoms. The number of hydrogen-bond acceptors (Lipinski definition) is 3. The van der Waals surface area contributed by atoms with Crippen molar-refractivity contribution in [1.29, 1.82) is 0 Å². The van der Waals surface area contributed by atoms with Crippen LogP contribution in [-0.4, -0.2) is 20.9 Å². The van der Waals surface area contributed by atoms with Gasteiger partial charge in [0.15, 0.2) is 0 Å². The van der Waals surface area contributed by atoms with Crippen LogP contribution in [-0.2, 0) is 11.2 Å². The second-order valence-corrected chi connectivity index (χ2v) is 8.18. The van der Waals surface area contributed by atoms with Gasteiger partial charge in [0.2, 0.25) is 5.91 Å². The van der Waals surface area contributed by atoms with Crippen LogP contribution in [0.5, 0.6) is 0 Å². The van der Waals surface area contributed by atoms with Crippen LogP contribution in [0.25, 0.3) is 33.2 Å². The number of amides is 1. The van der Waals surface area contributed by atoms with Gasteiger partial charge in [-0.1, -0.05) is 24.3 Å². The van der Waals surface area contributed by atoms with Crippen LogP contribution in [0.3, 0.4) is 0 Å². The van der Waals surface area contributed by atoms with Crippen LogP contribution in [0.15, 0.2) is 72.9 Å². The van der Waals surface area contributed by atoms with E-state index in [0.29, 0.717) is 25.1 Å². The van der Waals surface area contributed by atoms with Gasteiger partial charge >= 0.3 is 0 Å². The number of aromatic amines is 1. The zero-order valence-electron chi connectivity index (χ0n) is 18.2. The molecular weight excluding hydrogens is 415 g/mol. The fourth-order valence-electron chi connectivity index (χ4n) is 4.14. The Morgan fingerprint density at radius 1 is 1.06 bits per heavy atom. The lowest BCUT2D eigenvalue weighted by molar-refractivity contribution is -0.116. The molecule has 5 nitrogen and oxygen atoms in total. The Kier molecular flexibility index (Phi) is 5.57. The average molecular weight is 439 g/mol. The highest BCUT2D eigenvalue weighted by Gasteiger charge is 2.16. The van der Waals surface area contributed by atoms with E-state index in [0.717, 1.165) is 44.3 Å². The molecule has 0 saturated carbocycles. The first-order valence-corrected chi connectivity index (χ1v) is 11.0. The van der Waals surface area contributed by atoms with Gasteiger partial charge in [0.1, 0.15) is 11.6 Å². The molecule has 2 N–H and O–H groups in total. The van der Waals surface area contributed by atoms with Crippen molar-refractivity contribution in [2.24, 2.45) is 0 Å². The molecule has 0 unspecified atom stereocenters. The number of pyridine rings is 2. The predicted octanol–water partition coefficient (Wildman–Crippen LogP) is 6.19. The number of aromatic nitrogens is 3. The van der Waals surface area contributed by atoms with Gasteiger partial charge in [0.25, 0.3) is 0 Å². The second-order valence-electron chi connectivity index (χ2n) is 8.18. The summed E-state index contributed by atoms with van der Waals surface area (Å²) in [5.41, 5.74) is 5.42. The lowest BCUT2D eigenvalue weighted by Crippen LogP contribution is -2.12. The van der Waals surface area contributed by atoms with E-state index in [1.54, 1.807) is 18.3 Å². The van der Waals surface area contributed by atoms with Gasteiger partial charge in [0.05, 0.1) is 16.9 Å². The van der Waals surface area contributed by atoms with Crippen LogP contribution in [0.2, 0.25) is 0 Å². The number of rotatable bonds is 6. The van der Waals surface area contributed by atoms with E-state index in [4.69, 9.17) is 4.98 Å². The molecule has 0 spiro atoms. The standard InChI is InChI=1S/C27H23FN4O/c1-17-13-14-29-25(15-17)32-26(33)8-4-6-20-21-16-19(28)10-12-23(21)31-27(20)24-11-9-18-5-2-3-7-22(18)30-24/h2-3,5,7,9-16,31H,4,6,8H2,1H3,(H,29,32,33). The van der Waals surface area contributed by atoms with E-state index < -0.39 is 0 Å². The molecule has 0 aliphatic rings. The van der Waals surface area contributed by atoms with Crippen molar-refractivity contribution in [2.75, 3.05) is 5.32 Å². The number of H-pyrrole nitrogens is 1. The predicted molar refractivity (Wildman–Crippen MR) is 130 cm³/mol. The second kappa shape index (κ2) is 8.82. The number of anilines is 1. The van der Waals surface area contributed by atoms with Crippen molar-refractivity contribution in [1.82, 2.24) is 15.0 Å². The fraction of sp³-hybridized carbons (Fsp3) is 0.148. The number of nitrogens with zero attached hydrogens (tertiary/aromatic N) is 2. The lowest BCUT2D eigenvalue weighted by atomic mass is 10.0. The van der Waals surface area contributed by atoms with Crippen molar-refractivity contribution in [3.05, 3.63) is 89.9 Å². The maximum atomic E-state index is 14.1. The highest BCUT2D eigenvalue weighted by atomic mass is 19.1. The summed E-state index contributed by atoms with van der Waals surface area (Å²) in [6, 6.07) is 20.4. The maximum absolute atomic E-state index is 14.1. The highest BCUT2D eigenvalue weighted by molar-refractivity contribution is 5.92. The minimum atomic E-state index is -0.288. The molecule has 33 heavy (non-hydrogen) atoms. The van der Waals surface area contributed by atoms with Crippen molar-refractivity contribution >= 4 is 33.5 Å². The summed E-state index contributed by atoms with van der Waals surface area (Å²) < 4.78 is 14.1. The normalized spacial score (nSPS) is 11.2. The topological polar surface area (TPSA) is 70.7 Å². The number of carbonyl (C=O) groups is 1. The van der Waals surface area contributed by atoms with Gasteiger partial charge in [0, 0.05) is 28.9 Å². The highest BCUT2D eigenvalue weighted by Crippen LogP contribution is 2.32. The van der Waals surface area contributed by atoms with Crippen LogP contribution >= 0.6 is 0 Å². The lowest BCUT2D eigenvalue weighted by Gasteiger charge is -2.07. The molecule has 164 valence electrons. The summed E-state index contributed by atoms with van der Waals surface area (Å²) >= 11 is 0. The van der Waals surface area contributed by atoms with Crippen molar-refractivity contribution in [2.45, 2.75) is 26.2 Å². The summed E-state index contributed by atoms with van der Waals surface area (Å²) in [7, 11) is 0. The number of para-hydroxylation sites is 1. The molecule has 6 heteroatoms. The van der Waals surface area contributed by atoms with Crippen LogP contribution in [0.4, 0.5) is 10.2 Å². The van der Waals surface area contributed by atoms with Crippen LogP contribution in [0.1, 0.15) is 24.0 Å². The van der Waals surface area contributed by atoms with Gasteiger partial charge in [-0.3, -0.25) is 4.79 Å². The van der Waals surface area contributed by atoms with E-state index in [-0.39, 0.29) is 11.7 Å². The van der Waals surface area contributed by atoms with E-state index in [2.05, 4.69) is 15.3 Å². The summed E-state index contributed by atoms with van der Waals surface area (Å²) in [5, 5.41) is 4.73. The quantitative estimate of drug-likeness (QED) is 0.332. The molecule has 2 aromatic carbocycles. The molecule has 0 saturated heterocycles. The summed E-state index contributed by atoms with van der Waals surface area (Å²) in [6.45, 7) is 1.95. The summed E-state index contributed by atoms with van der Waals surface area (Å²) in [5.74, 6) is 0.170. The number of aryl methyl sites for hydroxylation is 2. The molecule has 0 aliphatic carbocycles. The first-order chi connectivity index (χ1) is 16.1. The van der Waals surface area contributed by atoms with Crippen LogP contribution < -0.4 is 5.32 Å². The van der Waals surface area contributed by atoms with Gasteiger partial charge in [-0.2, -0.15) is 0 Å². The molecule has 0 fully saturated rings. The zero-order chi connectivity index (χ0) is 22.8. The Morgan fingerprint density at radius 2 is 1.94 bits per heavy atom. The minimum Gasteiger partial charge on any atom is -0.353 e. The van der Waals surface area contributed by atoms with Crippen molar-refractivity contribution in [3.63, 3.8) is 0 Å². The molecular formula is C27H23FN4O. The molecule has 0 aliphatic heterocycles. The number of fused-ring (bicyclic) bond motifs is 2. The number of benzene rings is 2. The molecule has 3 heterocycles. The number of hydrogen-bond donors (Lipinski definition) is 2. The Hall–Kier alpha value is -4.06. The Labute approximate surface area is 190 Å². The minimum absolute atomic E-state index is 0.0931. The number of halogens is 1. The third-order valence-corrected chi connectivity index (χ3v) is 5.74. The Morgan fingerprint density at radius 3 is 2.82 bits per heavy atom. The van der Waals surface area contributed by atoms with E-state index in [1.807, 2.05) is 55.5 Å². The molecule has 5 rings (SSSR count). The SMILES string of the molecule is Cc1ccnc(NC(=O)CCCc2c(-c3ccc4ccccc4n3)[nH]c3ccc(F)cc23)c1. The van der Waals surface area contributed by atoms with E-state index in [9.17, 15) is 9.18 Å². The third kappa shape index (κ3) is 4.46. The monoisotopic (exact) mass is 438 g/mol. The summed E-state index contributed by atoms with van der Waals surface area (Å²) in [4.78, 5) is 24.9. The first-order valence-electron chi connectivity index (χ1n) is 11.0. The summed E-state index contributed by atoms with van der Waals surface area (Å²) in [6.07, 6.45) is 3.24.